The number of guanidine groups is 1. The number of hydrogen-bond acceptors (Lipinski definition) is 5. The van der Waals surface area contributed by atoms with E-state index in [9.17, 15) is 18.0 Å². The number of fused-ring (bicyclic) bond motifs is 1. The Morgan fingerprint density at radius 2 is 2.04 bits per heavy atom. The maximum Gasteiger partial charge on any atom is 0.417 e. The first-order valence-electron chi connectivity index (χ1n) is 7.93. The number of amides is 1. The van der Waals surface area contributed by atoms with Gasteiger partial charge in [0, 0.05) is 29.9 Å². The molecule has 0 spiro atoms. The van der Waals surface area contributed by atoms with Crippen LogP contribution in [0.15, 0.2) is 30.3 Å². The van der Waals surface area contributed by atoms with E-state index in [0.717, 1.165) is 21.9 Å². The van der Waals surface area contributed by atoms with Crippen molar-refractivity contribution in [2.75, 3.05) is 7.05 Å². The number of alkyl halides is 3. The molecule has 0 saturated heterocycles. The van der Waals surface area contributed by atoms with Gasteiger partial charge in [-0.25, -0.2) is 0 Å². The van der Waals surface area contributed by atoms with Gasteiger partial charge in [0.25, 0.3) is 5.91 Å². The molecule has 0 radical (unpaired) electrons. The van der Waals surface area contributed by atoms with E-state index >= 15 is 0 Å². The lowest BCUT2D eigenvalue weighted by Crippen LogP contribution is -2.38. The molecule has 0 aliphatic heterocycles. The number of benzene rings is 1. The number of aromatic nitrogens is 1. The number of nitrogens with two attached hydrogens (primary N) is 2. The molecule has 0 aliphatic rings. The highest BCUT2D eigenvalue weighted by molar-refractivity contribution is 7.13. The Hall–Kier alpha value is -3.05. The molecule has 7 nitrogen and oxygen atoms in total. The number of hydrogen-bond donors (Lipinski definition) is 4. The molecule has 0 unspecified atom stereocenters. The van der Waals surface area contributed by atoms with Crippen LogP contribution in [0.2, 0.25) is 0 Å². The van der Waals surface area contributed by atoms with Gasteiger partial charge in [-0.1, -0.05) is 0 Å². The zero-order chi connectivity index (χ0) is 20.6. The minimum atomic E-state index is -4.66. The fraction of sp³-hybridized carbons (Fsp3) is 0.176. The van der Waals surface area contributed by atoms with Crippen molar-refractivity contribution in [2.45, 2.75) is 12.7 Å². The summed E-state index contributed by atoms with van der Waals surface area (Å²) in [4.78, 5) is 16.6. The summed E-state index contributed by atoms with van der Waals surface area (Å²) in [6.45, 7) is 0.298. The van der Waals surface area contributed by atoms with Crippen LogP contribution in [0.5, 0.6) is 10.8 Å². The fourth-order valence-electron chi connectivity index (χ4n) is 2.55. The molecular formula is C17H16F3N5O2S. The van der Waals surface area contributed by atoms with Crippen LogP contribution in [0.1, 0.15) is 20.9 Å². The molecule has 0 bridgehead atoms. The van der Waals surface area contributed by atoms with E-state index in [0.29, 0.717) is 11.6 Å². The SMILES string of the molecule is CN(C(=N)N)C(=O)c1cc2c(C(F)(F)F)cc(Oc3ccc(CN)s3)cc2[nH]1. The first-order valence-corrected chi connectivity index (χ1v) is 8.74. The second-order valence-electron chi connectivity index (χ2n) is 5.89. The van der Waals surface area contributed by atoms with E-state index in [1.165, 1.54) is 24.5 Å². The lowest BCUT2D eigenvalue weighted by Gasteiger charge is -2.12. The quantitative estimate of drug-likeness (QED) is 0.388. The van der Waals surface area contributed by atoms with Crippen molar-refractivity contribution < 1.29 is 22.7 Å². The van der Waals surface area contributed by atoms with Gasteiger partial charge >= 0.3 is 6.18 Å². The molecule has 2 heterocycles. The standard InChI is InChI=1S/C17H16F3N5O2S/c1-25(16(22)23)15(26)13-6-10-11(17(18,19)20)4-8(5-12(10)24-13)27-14-3-2-9(7-21)28-14/h2-6,24H,7,21H2,1H3,(H3,22,23). The molecule has 0 fully saturated rings. The first-order chi connectivity index (χ1) is 13.1. The number of aromatic amines is 1. The van der Waals surface area contributed by atoms with E-state index in [1.807, 2.05) is 0 Å². The minimum absolute atomic E-state index is 0.0361. The highest BCUT2D eigenvalue weighted by Gasteiger charge is 2.34. The van der Waals surface area contributed by atoms with Crippen molar-refractivity contribution in [2.24, 2.45) is 11.5 Å². The number of H-pyrrole nitrogens is 1. The zero-order valence-electron chi connectivity index (χ0n) is 14.6. The predicted molar refractivity (Wildman–Crippen MR) is 99.6 cm³/mol. The van der Waals surface area contributed by atoms with E-state index in [-0.39, 0.29) is 22.3 Å². The Labute approximate surface area is 161 Å². The summed E-state index contributed by atoms with van der Waals surface area (Å²) < 4.78 is 46.2. The van der Waals surface area contributed by atoms with Crippen LogP contribution < -0.4 is 16.2 Å². The number of carbonyl (C=O) groups excluding carboxylic acids is 1. The topological polar surface area (TPSA) is 121 Å². The summed E-state index contributed by atoms with van der Waals surface area (Å²) in [5.74, 6) is -1.30. The number of nitrogens with one attached hydrogen (secondary N) is 2. The molecule has 11 heteroatoms. The minimum Gasteiger partial charge on any atom is -0.447 e. The van der Waals surface area contributed by atoms with Crippen LogP contribution in [0.3, 0.4) is 0 Å². The van der Waals surface area contributed by atoms with Gasteiger partial charge in [-0.3, -0.25) is 15.1 Å². The van der Waals surface area contributed by atoms with Crippen molar-refractivity contribution in [3.63, 3.8) is 0 Å². The van der Waals surface area contributed by atoms with Crippen molar-refractivity contribution in [3.8, 4) is 10.8 Å². The van der Waals surface area contributed by atoms with Gasteiger partial charge in [0.05, 0.1) is 11.1 Å². The van der Waals surface area contributed by atoms with Gasteiger partial charge in [0.2, 0.25) is 0 Å². The van der Waals surface area contributed by atoms with Crippen LogP contribution in [-0.2, 0) is 12.7 Å². The van der Waals surface area contributed by atoms with E-state index in [1.54, 1.807) is 12.1 Å². The summed E-state index contributed by atoms with van der Waals surface area (Å²) in [5.41, 5.74) is 9.78. The summed E-state index contributed by atoms with van der Waals surface area (Å²) in [6.07, 6.45) is -4.66. The number of halogens is 3. The Balaban J connectivity index is 2.07. The molecule has 148 valence electrons. The van der Waals surface area contributed by atoms with Crippen LogP contribution in [0.25, 0.3) is 10.9 Å². The maximum absolute atomic E-state index is 13.6. The normalized spacial score (nSPS) is 11.6. The monoisotopic (exact) mass is 411 g/mol. The Bertz CT molecular complexity index is 1060. The van der Waals surface area contributed by atoms with Gasteiger partial charge in [-0.05, 0) is 24.3 Å². The Morgan fingerprint density at radius 1 is 1.32 bits per heavy atom. The fourth-order valence-corrected chi connectivity index (χ4v) is 3.30. The first kappa shape index (κ1) is 19.7. The van der Waals surface area contributed by atoms with Gasteiger partial charge in [-0.15, -0.1) is 11.3 Å². The molecule has 0 aliphatic carbocycles. The lowest BCUT2D eigenvalue weighted by molar-refractivity contribution is -0.136. The van der Waals surface area contributed by atoms with Crippen LogP contribution in [-0.4, -0.2) is 28.8 Å². The average molecular weight is 411 g/mol. The smallest absolute Gasteiger partial charge is 0.417 e. The van der Waals surface area contributed by atoms with Crippen molar-refractivity contribution in [1.29, 1.82) is 5.41 Å². The van der Waals surface area contributed by atoms with Gasteiger partial charge < -0.3 is 21.2 Å². The highest BCUT2D eigenvalue weighted by atomic mass is 32.1. The molecule has 1 aromatic carbocycles. The molecule has 0 saturated carbocycles. The molecule has 28 heavy (non-hydrogen) atoms. The number of rotatable bonds is 4. The van der Waals surface area contributed by atoms with E-state index in [2.05, 4.69) is 4.98 Å². The summed E-state index contributed by atoms with van der Waals surface area (Å²) in [5, 5.41) is 7.50. The van der Waals surface area contributed by atoms with E-state index in [4.69, 9.17) is 21.6 Å². The summed E-state index contributed by atoms with van der Waals surface area (Å²) >= 11 is 1.23. The van der Waals surface area contributed by atoms with Crippen molar-refractivity contribution in [3.05, 3.63) is 46.5 Å². The number of nitrogens with zero attached hydrogens (tertiary/aromatic N) is 1. The molecule has 6 N–H and O–H groups in total. The third-order valence-corrected chi connectivity index (χ3v) is 4.96. The second kappa shape index (κ2) is 7.17. The summed E-state index contributed by atoms with van der Waals surface area (Å²) in [6, 6.07) is 6.68. The highest BCUT2D eigenvalue weighted by Crippen LogP contribution is 2.40. The number of thiophene rings is 1. The van der Waals surface area contributed by atoms with Crippen LogP contribution in [0, 0.1) is 5.41 Å². The average Bonchev–Trinajstić information content (AvgIpc) is 3.25. The molecular weight excluding hydrogens is 395 g/mol. The molecule has 0 atom stereocenters. The van der Waals surface area contributed by atoms with E-state index < -0.39 is 23.6 Å². The zero-order valence-corrected chi connectivity index (χ0v) is 15.4. The van der Waals surface area contributed by atoms with Gasteiger partial charge in [0.15, 0.2) is 11.0 Å². The molecule has 3 aromatic rings. The van der Waals surface area contributed by atoms with Crippen molar-refractivity contribution >= 4 is 34.1 Å². The maximum atomic E-state index is 13.6. The van der Waals surface area contributed by atoms with Gasteiger partial charge in [0.1, 0.15) is 11.4 Å². The van der Waals surface area contributed by atoms with Gasteiger partial charge in [-0.2, -0.15) is 13.2 Å². The van der Waals surface area contributed by atoms with Crippen LogP contribution in [0.4, 0.5) is 13.2 Å². The number of carbonyl (C=O) groups is 1. The largest absolute Gasteiger partial charge is 0.447 e. The Kier molecular flexibility index (Phi) is 5.04. The molecule has 2 aromatic heterocycles. The molecule has 3 rings (SSSR count). The second-order valence-corrected chi connectivity index (χ2v) is 7.02. The third-order valence-electron chi connectivity index (χ3n) is 3.97. The van der Waals surface area contributed by atoms with Crippen molar-refractivity contribution in [1.82, 2.24) is 9.88 Å². The number of ether oxygens (including phenoxy) is 1. The predicted octanol–water partition coefficient (Wildman–Crippen LogP) is 3.46. The lowest BCUT2D eigenvalue weighted by atomic mass is 10.1. The summed E-state index contributed by atoms with van der Waals surface area (Å²) in [7, 11) is 1.25. The molecule has 1 amide bonds. The Morgan fingerprint density at radius 3 is 2.61 bits per heavy atom. The third kappa shape index (κ3) is 3.80. The van der Waals surface area contributed by atoms with Crippen LogP contribution >= 0.6 is 11.3 Å².